The summed E-state index contributed by atoms with van der Waals surface area (Å²) in [6.45, 7) is 2.32. The van der Waals surface area contributed by atoms with Gasteiger partial charge in [0.1, 0.15) is 5.75 Å². The first-order chi connectivity index (χ1) is 17.9. The van der Waals surface area contributed by atoms with E-state index in [9.17, 15) is 14.4 Å². The molecule has 0 bridgehead atoms. The van der Waals surface area contributed by atoms with Gasteiger partial charge in [-0.3, -0.25) is 9.59 Å². The zero-order chi connectivity index (χ0) is 26.6. The summed E-state index contributed by atoms with van der Waals surface area (Å²) in [5, 5.41) is 6.64. The second-order valence-electron chi connectivity index (χ2n) is 7.63. The van der Waals surface area contributed by atoms with Gasteiger partial charge in [0.25, 0.3) is 11.8 Å². The number of rotatable bonds is 11. The minimum absolute atomic E-state index is 0.224. The number of carbonyl (C=O) groups excluding carboxylic acids is 3. The standard InChI is InChI=1S/C27H26ClN3O6/c1-3-14-36-20-11-9-19(10-12-20)27(34)37-23-13-8-18(15-24(23)35-2)16-30-31-25(32)17-29-26(33)21-6-4-5-7-22(21)28/h4-13,15-16H,3,14,17H2,1-2H3,(H,29,33)(H,31,32)/b30-16-. The molecule has 37 heavy (non-hydrogen) atoms. The van der Waals surface area contributed by atoms with E-state index >= 15 is 0 Å². The zero-order valence-electron chi connectivity index (χ0n) is 20.3. The molecule has 0 aliphatic rings. The lowest BCUT2D eigenvalue weighted by atomic mass is 10.2. The maximum atomic E-state index is 12.5. The van der Waals surface area contributed by atoms with Gasteiger partial charge >= 0.3 is 5.97 Å². The van der Waals surface area contributed by atoms with Gasteiger partial charge in [-0.15, -0.1) is 0 Å². The first-order valence-corrected chi connectivity index (χ1v) is 11.8. The molecule has 3 aromatic carbocycles. The quantitative estimate of drug-likeness (QED) is 0.168. The lowest BCUT2D eigenvalue weighted by molar-refractivity contribution is -0.120. The van der Waals surface area contributed by atoms with E-state index < -0.39 is 17.8 Å². The van der Waals surface area contributed by atoms with Gasteiger partial charge < -0.3 is 19.5 Å². The third-order valence-electron chi connectivity index (χ3n) is 4.88. The fourth-order valence-electron chi connectivity index (χ4n) is 3.03. The summed E-state index contributed by atoms with van der Waals surface area (Å²) in [6.07, 6.45) is 2.27. The largest absolute Gasteiger partial charge is 0.494 e. The Balaban J connectivity index is 1.53. The Kier molecular flexibility index (Phi) is 10.0. The van der Waals surface area contributed by atoms with E-state index in [2.05, 4.69) is 15.8 Å². The zero-order valence-corrected chi connectivity index (χ0v) is 21.1. The summed E-state index contributed by atoms with van der Waals surface area (Å²) in [5.74, 6) is -0.344. The van der Waals surface area contributed by atoms with Crippen molar-refractivity contribution in [3.05, 3.63) is 88.4 Å². The van der Waals surface area contributed by atoms with E-state index in [4.69, 9.17) is 25.8 Å². The van der Waals surface area contributed by atoms with Crippen LogP contribution in [0.5, 0.6) is 17.2 Å². The number of ether oxygens (including phenoxy) is 3. The SMILES string of the molecule is CCCOc1ccc(C(=O)Oc2ccc(/C=N\NC(=O)CNC(=O)c3ccccc3Cl)cc2OC)cc1. The van der Waals surface area contributed by atoms with Crippen molar-refractivity contribution >= 4 is 35.6 Å². The summed E-state index contributed by atoms with van der Waals surface area (Å²) in [4.78, 5) is 36.6. The molecule has 0 radical (unpaired) electrons. The van der Waals surface area contributed by atoms with Crippen molar-refractivity contribution in [2.75, 3.05) is 20.3 Å². The third-order valence-corrected chi connectivity index (χ3v) is 5.21. The number of benzene rings is 3. The fourth-order valence-corrected chi connectivity index (χ4v) is 3.26. The monoisotopic (exact) mass is 523 g/mol. The molecule has 3 rings (SSSR count). The highest BCUT2D eigenvalue weighted by Crippen LogP contribution is 2.28. The highest BCUT2D eigenvalue weighted by Gasteiger charge is 2.14. The van der Waals surface area contributed by atoms with Crippen LogP contribution in [0, 0.1) is 0 Å². The molecule has 0 aliphatic heterocycles. The Morgan fingerprint density at radius 2 is 1.76 bits per heavy atom. The maximum Gasteiger partial charge on any atom is 0.343 e. The maximum absolute atomic E-state index is 12.5. The summed E-state index contributed by atoms with van der Waals surface area (Å²) < 4.78 is 16.3. The van der Waals surface area contributed by atoms with Crippen molar-refractivity contribution in [1.82, 2.24) is 10.7 Å². The highest BCUT2D eigenvalue weighted by atomic mass is 35.5. The van der Waals surface area contributed by atoms with E-state index in [0.717, 1.165) is 6.42 Å². The van der Waals surface area contributed by atoms with Crippen LogP contribution < -0.4 is 25.0 Å². The van der Waals surface area contributed by atoms with Crippen molar-refractivity contribution < 1.29 is 28.6 Å². The molecule has 0 atom stereocenters. The van der Waals surface area contributed by atoms with Gasteiger partial charge in [0, 0.05) is 0 Å². The van der Waals surface area contributed by atoms with Gasteiger partial charge in [0.2, 0.25) is 0 Å². The van der Waals surface area contributed by atoms with Crippen LogP contribution in [0.1, 0.15) is 39.6 Å². The van der Waals surface area contributed by atoms with Crippen LogP contribution in [0.4, 0.5) is 0 Å². The lowest BCUT2D eigenvalue weighted by Crippen LogP contribution is -2.35. The summed E-state index contributed by atoms with van der Waals surface area (Å²) in [7, 11) is 1.44. The number of hydrogen-bond acceptors (Lipinski definition) is 7. The van der Waals surface area contributed by atoms with Gasteiger partial charge in [-0.25, -0.2) is 10.2 Å². The molecular weight excluding hydrogens is 498 g/mol. The van der Waals surface area contributed by atoms with Crippen molar-refractivity contribution in [3.8, 4) is 17.2 Å². The van der Waals surface area contributed by atoms with Crippen LogP contribution in [0.2, 0.25) is 5.02 Å². The van der Waals surface area contributed by atoms with Gasteiger partial charge in [-0.2, -0.15) is 5.10 Å². The fraction of sp³-hybridized carbons (Fsp3) is 0.185. The molecular formula is C27H26ClN3O6. The summed E-state index contributed by atoms with van der Waals surface area (Å²) in [6, 6.07) is 18.0. The average Bonchev–Trinajstić information content (AvgIpc) is 2.91. The van der Waals surface area contributed by atoms with Crippen LogP contribution in [-0.2, 0) is 4.79 Å². The molecule has 10 heteroatoms. The molecule has 0 aromatic heterocycles. The molecule has 9 nitrogen and oxygen atoms in total. The van der Waals surface area contributed by atoms with E-state index in [1.54, 1.807) is 66.7 Å². The van der Waals surface area contributed by atoms with Gasteiger partial charge in [-0.1, -0.05) is 30.7 Å². The van der Waals surface area contributed by atoms with Crippen molar-refractivity contribution in [3.63, 3.8) is 0 Å². The molecule has 0 fully saturated rings. The van der Waals surface area contributed by atoms with Crippen LogP contribution in [-0.4, -0.2) is 44.3 Å². The molecule has 0 aliphatic carbocycles. The predicted octanol–water partition coefficient (Wildman–Crippen LogP) is 4.24. The number of hydrazone groups is 1. The molecule has 0 unspecified atom stereocenters. The predicted molar refractivity (Wildman–Crippen MR) is 140 cm³/mol. The Bertz CT molecular complexity index is 1280. The Morgan fingerprint density at radius 1 is 1.00 bits per heavy atom. The second-order valence-corrected chi connectivity index (χ2v) is 8.04. The van der Waals surface area contributed by atoms with Crippen molar-refractivity contribution in [1.29, 1.82) is 0 Å². The van der Waals surface area contributed by atoms with Gasteiger partial charge in [-0.05, 0) is 66.6 Å². The molecule has 192 valence electrons. The molecule has 0 heterocycles. The Morgan fingerprint density at radius 3 is 2.46 bits per heavy atom. The first kappa shape index (κ1) is 27.2. The number of carbonyl (C=O) groups is 3. The molecule has 0 saturated heterocycles. The summed E-state index contributed by atoms with van der Waals surface area (Å²) in [5.41, 5.74) is 3.53. The Labute approximate surface area is 219 Å². The highest BCUT2D eigenvalue weighted by molar-refractivity contribution is 6.33. The number of methoxy groups -OCH3 is 1. The van der Waals surface area contributed by atoms with E-state index in [1.165, 1.54) is 13.3 Å². The minimum Gasteiger partial charge on any atom is -0.494 e. The minimum atomic E-state index is -0.548. The van der Waals surface area contributed by atoms with Crippen LogP contribution in [0.3, 0.4) is 0 Å². The van der Waals surface area contributed by atoms with Crippen LogP contribution in [0.25, 0.3) is 0 Å². The Hall–Kier alpha value is -4.37. The van der Waals surface area contributed by atoms with Crippen molar-refractivity contribution in [2.24, 2.45) is 5.10 Å². The smallest absolute Gasteiger partial charge is 0.343 e. The molecule has 3 aromatic rings. The topological polar surface area (TPSA) is 115 Å². The molecule has 2 N–H and O–H groups in total. The molecule has 2 amide bonds. The van der Waals surface area contributed by atoms with Gasteiger partial charge in [0.05, 0.1) is 42.6 Å². The number of hydrogen-bond donors (Lipinski definition) is 2. The number of nitrogens with one attached hydrogen (secondary N) is 2. The normalized spacial score (nSPS) is 10.6. The van der Waals surface area contributed by atoms with E-state index in [1.807, 2.05) is 6.92 Å². The van der Waals surface area contributed by atoms with E-state index in [-0.39, 0.29) is 22.9 Å². The number of nitrogens with zero attached hydrogens (tertiary/aromatic N) is 1. The number of halogens is 1. The van der Waals surface area contributed by atoms with Gasteiger partial charge in [0.15, 0.2) is 11.5 Å². The third kappa shape index (κ3) is 8.08. The lowest BCUT2D eigenvalue weighted by Gasteiger charge is -2.10. The van der Waals surface area contributed by atoms with Crippen LogP contribution in [0.15, 0.2) is 71.8 Å². The number of amides is 2. The second kappa shape index (κ2) is 13.6. The average molecular weight is 524 g/mol. The summed E-state index contributed by atoms with van der Waals surface area (Å²) >= 11 is 5.97. The molecule has 0 saturated carbocycles. The van der Waals surface area contributed by atoms with E-state index in [0.29, 0.717) is 29.2 Å². The molecule has 0 spiro atoms. The first-order valence-electron chi connectivity index (χ1n) is 11.4. The van der Waals surface area contributed by atoms with Crippen molar-refractivity contribution in [2.45, 2.75) is 13.3 Å². The number of esters is 1. The van der Waals surface area contributed by atoms with Crippen LogP contribution >= 0.6 is 11.6 Å².